The lowest BCUT2D eigenvalue weighted by Gasteiger charge is -2.04. The molecule has 0 unspecified atom stereocenters. The van der Waals surface area contributed by atoms with Crippen LogP contribution in [0.15, 0.2) is 48.0 Å². The van der Waals surface area contributed by atoms with Crippen LogP contribution >= 0.6 is 11.3 Å². The Bertz CT molecular complexity index is 845. The molecular formula is C18H17N3O3S. The van der Waals surface area contributed by atoms with Crippen molar-refractivity contribution in [2.45, 2.75) is 6.42 Å². The molecule has 7 heteroatoms. The fourth-order valence-electron chi connectivity index (χ4n) is 2.21. The number of rotatable bonds is 6. The highest BCUT2D eigenvalue weighted by Gasteiger charge is 2.12. The van der Waals surface area contributed by atoms with Gasteiger partial charge >= 0.3 is 0 Å². The van der Waals surface area contributed by atoms with Gasteiger partial charge in [-0.3, -0.25) is 4.79 Å². The summed E-state index contributed by atoms with van der Waals surface area (Å²) in [7, 11) is 1.56. The van der Waals surface area contributed by atoms with Gasteiger partial charge in [-0.05, 0) is 30.2 Å². The summed E-state index contributed by atoms with van der Waals surface area (Å²) in [5.74, 6) is 0.561. The number of aromatic hydroxyl groups is 1. The van der Waals surface area contributed by atoms with E-state index < -0.39 is 0 Å². The molecule has 2 heterocycles. The second-order valence-corrected chi connectivity index (χ2v) is 6.16. The second kappa shape index (κ2) is 7.76. The van der Waals surface area contributed by atoms with Gasteiger partial charge in [-0.25, -0.2) is 9.97 Å². The molecule has 0 radical (unpaired) electrons. The number of phenolic OH excluding ortho intramolecular Hbond substituents is 1. The molecule has 0 bridgehead atoms. The van der Waals surface area contributed by atoms with Gasteiger partial charge < -0.3 is 15.2 Å². The Morgan fingerprint density at radius 2 is 2.04 bits per heavy atom. The number of carbonyl (C=O) groups excluding carboxylic acids is 1. The van der Waals surface area contributed by atoms with Crippen molar-refractivity contribution in [3.8, 4) is 22.2 Å². The van der Waals surface area contributed by atoms with E-state index in [0.717, 1.165) is 16.1 Å². The number of carbonyl (C=O) groups is 1. The molecule has 0 fully saturated rings. The Morgan fingerprint density at radius 1 is 1.24 bits per heavy atom. The van der Waals surface area contributed by atoms with Gasteiger partial charge in [0.05, 0.1) is 7.11 Å². The molecule has 0 saturated carbocycles. The molecule has 2 aromatic heterocycles. The summed E-state index contributed by atoms with van der Waals surface area (Å²) in [6.07, 6.45) is 2.36. The maximum absolute atomic E-state index is 12.2. The molecule has 25 heavy (non-hydrogen) atoms. The average molecular weight is 355 g/mol. The number of pyridine rings is 1. The first-order valence-electron chi connectivity index (χ1n) is 7.68. The van der Waals surface area contributed by atoms with Crippen molar-refractivity contribution in [1.29, 1.82) is 0 Å². The summed E-state index contributed by atoms with van der Waals surface area (Å²) in [5, 5.41) is 14.6. The first kappa shape index (κ1) is 16.9. The van der Waals surface area contributed by atoms with Crippen LogP contribution < -0.4 is 10.1 Å². The number of nitrogens with zero attached hydrogens (tertiary/aromatic N) is 2. The van der Waals surface area contributed by atoms with E-state index in [0.29, 0.717) is 24.5 Å². The lowest BCUT2D eigenvalue weighted by molar-refractivity contribution is 0.0950. The fraction of sp³-hybridized carbons (Fsp3) is 0.167. The Morgan fingerprint density at radius 3 is 2.72 bits per heavy atom. The SMILES string of the molecule is COc1ccc(-c2nc(C(=O)NCCc3ccc(O)cc3)cs2)cn1. The maximum Gasteiger partial charge on any atom is 0.270 e. The van der Waals surface area contributed by atoms with Gasteiger partial charge in [-0.1, -0.05) is 12.1 Å². The van der Waals surface area contributed by atoms with Crippen molar-refractivity contribution in [3.05, 3.63) is 59.2 Å². The van der Waals surface area contributed by atoms with Crippen LogP contribution in [0.2, 0.25) is 0 Å². The summed E-state index contributed by atoms with van der Waals surface area (Å²) in [5.41, 5.74) is 2.27. The van der Waals surface area contributed by atoms with Crippen LogP contribution in [0.1, 0.15) is 16.1 Å². The van der Waals surface area contributed by atoms with Crippen molar-refractivity contribution < 1.29 is 14.6 Å². The highest BCUT2D eigenvalue weighted by Crippen LogP contribution is 2.24. The molecule has 0 atom stereocenters. The van der Waals surface area contributed by atoms with E-state index in [1.54, 1.807) is 36.9 Å². The molecular weight excluding hydrogens is 338 g/mol. The third kappa shape index (κ3) is 4.33. The van der Waals surface area contributed by atoms with Crippen molar-refractivity contribution in [3.63, 3.8) is 0 Å². The first-order valence-corrected chi connectivity index (χ1v) is 8.56. The zero-order chi connectivity index (χ0) is 17.6. The summed E-state index contributed by atoms with van der Waals surface area (Å²) >= 11 is 1.40. The van der Waals surface area contributed by atoms with Crippen LogP contribution in [-0.4, -0.2) is 34.6 Å². The van der Waals surface area contributed by atoms with Crippen molar-refractivity contribution in [1.82, 2.24) is 15.3 Å². The minimum Gasteiger partial charge on any atom is -0.508 e. The number of thiazole rings is 1. The number of methoxy groups -OCH3 is 1. The highest BCUT2D eigenvalue weighted by molar-refractivity contribution is 7.13. The number of nitrogens with one attached hydrogen (secondary N) is 1. The maximum atomic E-state index is 12.2. The predicted molar refractivity (Wildman–Crippen MR) is 96.0 cm³/mol. The molecule has 6 nitrogen and oxygen atoms in total. The second-order valence-electron chi connectivity index (χ2n) is 5.30. The number of benzene rings is 1. The van der Waals surface area contributed by atoms with Gasteiger partial charge in [0, 0.05) is 29.8 Å². The number of amides is 1. The van der Waals surface area contributed by atoms with Crippen LogP contribution in [-0.2, 0) is 6.42 Å². The highest BCUT2D eigenvalue weighted by atomic mass is 32.1. The van der Waals surface area contributed by atoms with E-state index in [9.17, 15) is 9.90 Å². The Balaban J connectivity index is 1.57. The fourth-order valence-corrected chi connectivity index (χ4v) is 3.00. The smallest absolute Gasteiger partial charge is 0.270 e. The van der Waals surface area contributed by atoms with Crippen LogP contribution in [0.4, 0.5) is 0 Å². The molecule has 0 aliphatic carbocycles. The zero-order valence-electron chi connectivity index (χ0n) is 13.6. The van der Waals surface area contributed by atoms with Gasteiger partial charge in [-0.2, -0.15) is 0 Å². The van der Waals surface area contributed by atoms with Crippen LogP contribution in [0.5, 0.6) is 11.6 Å². The zero-order valence-corrected chi connectivity index (χ0v) is 14.4. The first-order chi connectivity index (χ1) is 12.2. The van der Waals surface area contributed by atoms with E-state index in [2.05, 4.69) is 15.3 Å². The summed E-state index contributed by atoms with van der Waals surface area (Å²) in [4.78, 5) is 20.7. The number of hydrogen-bond donors (Lipinski definition) is 2. The largest absolute Gasteiger partial charge is 0.508 e. The quantitative estimate of drug-likeness (QED) is 0.710. The molecule has 3 rings (SSSR count). The standard InChI is InChI=1S/C18H17N3O3S/c1-24-16-7-4-13(10-20-16)18-21-15(11-25-18)17(23)19-9-8-12-2-5-14(22)6-3-12/h2-7,10-11,22H,8-9H2,1H3,(H,19,23). The minimum absolute atomic E-state index is 0.206. The lowest BCUT2D eigenvalue weighted by Crippen LogP contribution is -2.25. The summed E-state index contributed by atoms with van der Waals surface area (Å²) in [6.45, 7) is 0.501. The van der Waals surface area contributed by atoms with E-state index in [1.165, 1.54) is 11.3 Å². The Kier molecular flexibility index (Phi) is 5.25. The van der Waals surface area contributed by atoms with Gasteiger partial charge in [0.25, 0.3) is 5.91 Å². The average Bonchev–Trinajstić information content (AvgIpc) is 3.13. The van der Waals surface area contributed by atoms with E-state index in [1.807, 2.05) is 18.2 Å². The molecule has 0 spiro atoms. The predicted octanol–water partition coefficient (Wildman–Crippen LogP) is 2.89. The molecule has 128 valence electrons. The number of aromatic nitrogens is 2. The molecule has 3 aromatic rings. The Labute approximate surface area is 149 Å². The number of hydrogen-bond acceptors (Lipinski definition) is 6. The molecule has 1 amide bonds. The van der Waals surface area contributed by atoms with E-state index in [-0.39, 0.29) is 11.7 Å². The van der Waals surface area contributed by atoms with Gasteiger partial charge in [0.2, 0.25) is 5.88 Å². The van der Waals surface area contributed by atoms with Crippen molar-refractivity contribution in [2.24, 2.45) is 0 Å². The summed E-state index contributed by atoms with van der Waals surface area (Å²) < 4.78 is 5.03. The summed E-state index contributed by atoms with van der Waals surface area (Å²) in [6, 6.07) is 10.5. The molecule has 0 aliphatic heterocycles. The van der Waals surface area contributed by atoms with E-state index >= 15 is 0 Å². The topological polar surface area (TPSA) is 84.3 Å². The monoisotopic (exact) mass is 355 g/mol. The van der Waals surface area contributed by atoms with Crippen LogP contribution in [0, 0.1) is 0 Å². The Hall–Kier alpha value is -2.93. The molecule has 0 saturated heterocycles. The number of ether oxygens (including phenoxy) is 1. The normalized spacial score (nSPS) is 10.4. The number of phenols is 1. The van der Waals surface area contributed by atoms with Gasteiger partial charge in [-0.15, -0.1) is 11.3 Å². The van der Waals surface area contributed by atoms with Gasteiger partial charge in [0.1, 0.15) is 16.5 Å². The van der Waals surface area contributed by atoms with Crippen molar-refractivity contribution >= 4 is 17.2 Å². The third-order valence-electron chi connectivity index (χ3n) is 3.56. The molecule has 1 aromatic carbocycles. The minimum atomic E-state index is -0.206. The lowest BCUT2D eigenvalue weighted by atomic mass is 10.1. The molecule has 2 N–H and O–H groups in total. The van der Waals surface area contributed by atoms with Crippen LogP contribution in [0.3, 0.4) is 0 Å². The van der Waals surface area contributed by atoms with Crippen LogP contribution in [0.25, 0.3) is 10.6 Å². The molecule has 0 aliphatic rings. The third-order valence-corrected chi connectivity index (χ3v) is 4.46. The van der Waals surface area contributed by atoms with E-state index in [4.69, 9.17) is 4.74 Å². The van der Waals surface area contributed by atoms with Crippen molar-refractivity contribution in [2.75, 3.05) is 13.7 Å². The van der Waals surface area contributed by atoms with Gasteiger partial charge in [0.15, 0.2) is 0 Å².